The Morgan fingerprint density at radius 2 is 2.57 bits per heavy atom. The first-order valence-corrected chi connectivity index (χ1v) is 2.86. The molecular weight excluding hydrogens is 114 g/mol. The van der Waals surface area contributed by atoms with Crippen LogP contribution < -0.4 is 0 Å². The van der Waals surface area contributed by atoms with Gasteiger partial charge in [-0.1, -0.05) is 11.8 Å². The monoisotopic (exact) mass is 119 g/mol. The average molecular weight is 119 g/mol. The van der Waals surface area contributed by atoms with Gasteiger partial charge in [-0.25, -0.2) is 5.21 Å². The summed E-state index contributed by atoms with van der Waals surface area (Å²) >= 11 is 1.31. The zero-order chi connectivity index (χ0) is 5.33. The van der Waals surface area contributed by atoms with Gasteiger partial charge in [-0.05, 0) is 0 Å². The van der Waals surface area contributed by atoms with Gasteiger partial charge in [0.25, 0.3) is 0 Å². The molecule has 0 aromatic heterocycles. The van der Waals surface area contributed by atoms with E-state index in [9.17, 15) is 5.21 Å². The van der Waals surface area contributed by atoms with E-state index in [2.05, 4.69) is 0 Å². The summed E-state index contributed by atoms with van der Waals surface area (Å²) in [6.45, 7) is 0. The summed E-state index contributed by atoms with van der Waals surface area (Å²) in [4.78, 5) is -1.22. The summed E-state index contributed by atoms with van der Waals surface area (Å²) in [7, 11) is 0. The fourth-order valence-electron chi connectivity index (χ4n) is 0.331. The molecule has 1 N–H and O–H groups in total. The summed E-state index contributed by atoms with van der Waals surface area (Å²) in [5, 5.41) is 20.3. The highest BCUT2D eigenvalue weighted by Crippen LogP contribution is 2.19. The second-order valence-electron chi connectivity index (χ2n) is 1.34. The smallest absolute Gasteiger partial charge is 0.163 e. The number of quaternary nitrogens is 1. The second-order valence-corrected chi connectivity index (χ2v) is 2.20. The van der Waals surface area contributed by atoms with Gasteiger partial charge in [0.2, 0.25) is 0 Å². The van der Waals surface area contributed by atoms with Gasteiger partial charge in [-0.15, -0.1) is 0 Å². The molecule has 1 aliphatic rings. The Hall–Kier alpha value is -0.0300. The van der Waals surface area contributed by atoms with Crippen molar-refractivity contribution in [3.8, 4) is 0 Å². The quantitative estimate of drug-likeness (QED) is 0.380. The molecule has 0 aliphatic carbocycles. The number of hydrogen-bond donors (Lipinski definition) is 1. The van der Waals surface area contributed by atoms with Crippen LogP contribution in [0.3, 0.4) is 0 Å². The van der Waals surface area contributed by atoms with Crippen molar-refractivity contribution in [1.82, 2.24) is 0 Å². The molecule has 0 aromatic rings. The number of rotatable bonds is 0. The lowest BCUT2D eigenvalue weighted by atomic mass is 11.0. The first-order valence-electron chi connectivity index (χ1n) is 1.81. The van der Waals surface area contributed by atoms with Gasteiger partial charge in [-0.2, -0.15) is 4.81 Å². The molecule has 1 rings (SSSR count). The van der Waals surface area contributed by atoms with Crippen LogP contribution in [0, 0.1) is 5.21 Å². The van der Waals surface area contributed by atoms with E-state index in [0.717, 1.165) is 0 Å². The highest BCUT2D eigenvalue weighted by molar-refractivity contribution is 8.02. The van der Waals surface area contributed by atoms with Crippen molar-refractivity contribution < 1.29 is 10.0 Å². The molecule has 4 heteroatoms. The molecule has 3 nitrogen and oxygen atoms in total. The molecule has 0 bridgehead atoms. The zero-order valence-electron chi connectivity index (χ0n) is 3.57. The maximum atomic E-state index is 10.3. The Bertz CT molecular complexity index is 101. The molecule has 0 spiro atoms. The van der Waals surface area contributed by atoms with Crippen molar-refractivity contribution in [2.45, 2.75) is 0 Å². The van der Waals surface area contributed by atoms with Crippen molar-refractivity contribution in [2.24, 2.45) is 0 Å². The van der Waals surface area contributed by atoms with Crippen molar-refractivity contribution in [3.63, 3.8) is 0 Å². The number of hydrogen-bond acceptors (Lipinski definition) is 3. The van der Waals surface area contributed by atoms with Crippen LogP contribution in [0.15, 0.2) is 11.6 Å². The molecule has 40 valence electrons. The third-order valence-corrected chi connectivity index (χ3v) is 1.48. The molecule has 7 heavy (non-hydrogen) atoms. The molecule has 0 radical (unpaired) electrons. The molecule has 1 unspecified atom stereocenters. The number of hydroxylamine groups is 4. The Labute approximate surface area is 45.4 Å². The fourth-order valence-corrected chi connectivity index (χ4v) is 0.993. The van der Waals surface area contributed by atoms with Crippen LogP contribution in [0.4, 0.5) is 0 Å². The van der Waals surface area contributed by atoms with E-state index >= 15 is 0 Å². The predicted molar refractivity (Wildman–Crippen MR) is 27.0 cm³/mol. The molecule has 0 saturated heterocycles. The molecule has 1 atom stereocenters. The third-order valence-electron chi connectivity index (χ3n) is 0.650. The van der Waals surface area contributed by atoms with Gasteiger partial charge in [0.1, 0.15) is 6.20 Å². The standard InChI is InChI=1S/C3H5NO2S/c5-4(6)1-2-7-3-4/h1-2,5H,3H2. The minimum atomic E-state index is -1.22. The van der Waals surface area contributed by atoms with E-state index in [-0.39, 0.29) is 5.88 Å². The van der Waals surface area contributed by atoms with Gasteiger partial charge in [0.05, 0.1) is 0 Å². The zero-order valence-corrected chi connectivity index (χ0v) is 4.39. The van der Waals surface area contributed by atoms with E-state index in [1.807, 2.05) is 0 Å². The topological polar surface area (TPSA) is 43.3 Å². The lowest BCUT2D eigenvalue weighted by Crippen LogP contribution is -2.27. The Kier molecular flexibility index (Phi) is 1.08. The van der Waals surface area contributed by atoms with Crippen LogP contribution in [-0.4, -0.2) is 15.9 Å². The van der Waals surface area contributed by atoms with E-state index in [1.165, 1.54) is 18.0 Å². The maximum absolute atomic E-state index is 10.3. The van der Waals surface area contributed by atoms with Gasteiger partial charge in [0.15, 0.2) is 5.88 Å². The number of thioether (sulfide) groups is 1. The SMILES string of the molecule is [O-][N+]1(O)C=CSC1. The molecule has 0 amide bonds. The van der Waals surface area contributed by atoms with E-state index in [1.54, 1.807) is 5.41 Å². The van der Waals surface area contributed by atoms with Crippen LogP contribution in [0.2, 0.25) is 0 Å². The minimum Gasteiger partial charge on any atom is -0.593 e. The van der Waals surface area contributed by atoms with Crippen LogP contribution in [0.5, 0.6) is 0 Å². The Morgan fingerprint density at radius 3 is 2.71 bits per heavy atom. The van der Waals surface area contributed by atoms with Crippen molar-refractivity contribution in [2.75, 3.05) is 5.88 Å². The van der Waals surface area contributed by atoms with Crippen LogP contribution in [0.25, 0.3) is 0 Å². The Morgan fingerprint density at radius 1 is 1.86 bits per heavy atom. The molecule has 0 saturated carbocycles. The maximum Gasteiger partial charge on any atom is 0.163 e. The average Bonchev–Trinajstić information content (AvgIpc) is 1.84. The molecular formula is C3H5NO2S. The van der Waals surface area contributed by atoms with Gasteiger partial charge >= 0.3 is 0 Å². The fraction of sp³-hybridized carbons (Fsp3) is 0.333. The first kappa shape index (κ1) is 5.11. The summed E-state index contributed by atoms with van der Waals surface area (Å²) < 4.78 is 0. The van der Waals surface area contributed by atoms with Crippen molar-refractivity contribution in [1.29, 1.82) is 0 Å². The van der Waals surface area contributed by atoms with Gasteiger partial charge in [0, 0.05) is 5.41 Å². The van der Waals surface area contributed by atoms with Crippen LogP contribution in [0.1, 0.15) is 0 Å². The van der Waals surface area contributed by atoms with Gasteiger partial charge in [-0.3, -0.25) is 0 Å². The normalized spacial score (nSPS) is 39.7. The number of nitrogens with zero attached hydrogens (tertiary/aromatic N) is 1. The highest BCUT2D eigenvalue weighted by Gasteiger charge is 2.13. The molecule has 0 aromatic carbocycles. The van der Waals surface area contributed by atoms with E-state index in [0.29, 0.717) is 0 Å². The van der Waals surface area contributed by atoms with Crippen molar-refractivity contribution >= 4 is 11.8 Å². The van der Waals surface area contributed by atoms with E-state index in [4.69, 9.17) is 5.21 Å². The minimum absolute atomic E-state index is 0.194. The summed E-state index contributed by atoms with van der Waals surface area (Å²) in [6, 6.07) is 0. The van der Waals surface area contributed by atoms with Crippen molar-refractivity contribution in [3.05, 3.63) is 16.8 Å². The largest absolute Gasteiger partial charge is 0.593 e. The highest BCUT2D eigenvalue weighted by atomic mass is 32.2. The lowest BCUT2D eigenvalue weighted by molar-refractivity contribution is -1.01. The van der Waals surface area contributed by atoms with Crippen LogP contribution in [-0.2, 0) is 0 Å². The predicted octanol–water partition coefficient (Wildman–Crippen LogP) is 0.866. The van der Waals surface area contributed by atoms with Crippen LogP contribution >= 0.6 is 11.8 Å². The third kappa shape index (κ3) is 1.17. The van der Waals surface area contributed by atoms with Gasteiger partial charge < -0.3 is 5.21 Å². The van der Waals surface area contributed by atoms with E-state index < -0.39 is 4.81 Å². The second kappa shape index (κ2) is 1.48. The molecule has 0 fully saturated rings. The molecule has 1 aliphatic heterocycles. The summed E-state index contributed by atoms with van der Waals surface area (Å²) in [6.07, 6.45) is 1.20. The summed E-state index contributed by atoms with van der Waals surface area (Å²) in [5.74, 6) is 0.194. The Balaban J connectivity index is 2.57. The lowest BCUT2D eigenvalue weighted by Gasteiger charge is -2.23. The first-order chi connectivity index (χ1) is 3.21. The molecule has 1 heterocycles. The summed E-state index contributed by atoms with van der Waals surface area (Å²) in [5.41, 5.74) is 0.